The first-order valence-corrected chi connectivity index (χ1v) is 9.29. The predicted molar refractivity (Wildman–Crippen MR) is 86.2 cm³/mol. The number of benzene rings is 1. The first kappa shape index (κ1) is 17.0. The molecule has 0 saturated heterocycles. The summed E-state index contributed by atoms with van der Waals surface area (Å²) in [7, 11) is -3.73. The second-order valence-corrected chi connectivity index (χ2v) is 7.89. The molecule has 2 rings (SSSR count). The Morgan fingerprint density at radius 2 is 1.90 bits per heavy atom. The van der Waals surface area contributed by atoms with E-state index < -0.39 is 10.0 Å². The second-order valence-electron chi connectivity index (χ2n) is 5.25. The molecule has 1 saturated carbocycles. The van der Waals surface area contributed by atoms with Gasteiger partial charge in [0.25, 0.3) is 0 Å². The van der Waals surface area contributed by atoms with Crippen molar-refractivity contribution >= 4 is 33.2 Å². The van der Waals surface area contributed by atoms with E-state index in [1.54, 1.807) is 18.2 Å². The largest absolute Gasteiger partial charge is 0.330 e. The molecule has 0 amide bonds. The van der Waals surface area contributed by atoms with E-state index in [-0.39, 0.29) is 26.9 Å². The molecule has 2 N–H and O–H groups in total. The van der Waals surface area contributed by atoms with Gasteiger partial charge in [-0.2, -0.15) is 4.31 Å². The summed E-state index contributed by atoms with van der Waals surface area (Å²) in [5.41, 5.74) is 5.78. The SMILES string of the molecule is CCN(C1CCCC1CN)S(=O)(=O)c1c(Cl)cccc1Cl. The van der Waals surface area contributed by atoms with Gasteiger partial charge in [0.2, 0.25) is 10.0 Å². The number of rotatable bonds is 5. The number of nitrogens with two attached hydrogens (primary N) is 1. The van der Waals surface area contributed by atoms with Gasteiger partial charge in [0, 0.05) is 12.6 Å². The van der Waals surface area contributed by atoms with Crippen LogP contribution in [-0.4, -0.2) is 31.9 Å². The molecular weight excluding hydrogens is 331 g/mol. The molecule has 0 heterocycles. The zero-order valence-electron chi connectivity index (χ0n) is 11.9. The number of sulfonamides is 1. The van der Waals surface area contributed by atoms with E-state index in [2.05, 4.69) is 0 Å². The Morgan fingerprint density at radius 3 is 2.43 bits per heavy atom. The molecule has 0 bridgehead atoms. The third kappa shape index (κ3) is 3.22. The zero-order chi connectivity index (χ0) is 15.6. The highest BCUT2D eigenvalue weighted by Crippen LogP contribution is 2.37. The molecule has 2 unspecified atom stereocenters. The van der Waals surface area contributed by atoms with Crippen LogP contribution in [0.3, 0.4) is 0 Å². The molecule has 1 fully saturated rings. The summed E-state index contributed by atoms with van der Waals surface area (Å²) in [4.78, 5) is -0.00199. The summed E-state index contributed by atoms with van der Waals surface area (Å²) < 4.78 is 27.4. The molecule has 0 radical (unpaired) electrons. The Labute approximate surface area is 136 Å². The van der Waals surface area contributed by atoms with Crippen molar-refractivity contribution in [1.82, 2.24) is 4.31 Å². The molecule has 2 atom stereocenters. The standard InChI is InChI=1S/C14H20Cl2N2O2S/c1-2-18(13-8-3-5-10(13)9-17)21(19,20)14-11(15)6-4-7-12(14)16/h4,6-7,10,13H,2-3,5,8-9,17H2,1H3. The van der Waals surface area contributed by atoms with Crippen LogP contribution in [0.1, 0.15) is 26.2 Å². The van der Waals surface area contributed by atoms with Crippen molar-refractivity contribution in [3.8, 4) is 0 Å². The van der Waals surface area contributed by atoms with Gasteiger partial charge >= 0.3 is 0 Å². The van der Waals surface area contributed by atoms with Crippen molar-refractivity contribution in [2.45, 2.75) is 37.1 Å². The van der Waals surface area contributed by atoms with E-state index in [1.807, 2.05) is 6.92 Å². The van der Waals surface area contributed by atoms with Crippen LogP contribution in [0, 0.1) is 5.92 Å². The van der Waals surface area contributed by atoms with E-state index in [9.17, 15) is 8.42 Å². The van der Waals surface area contributed by atoms with Crippen molar-refractivity contribution in [2.24, 2.45) is 11.7 Å². The minimum atomic E-state index is -3.73. The van der Waals surface area contributed by atoms with Gasteiger partial charge in [0.15, 0.2) is 0 Å². The Kier molecular flexibility index (Phi) is 5.54. The Hall–Kier alpha value is -0.330. The summed E-state index contributed by atoms with van der Waals surface area (Å²) in [5.74, 6) is 0.195. The second kappa shape index (κ2) is 6.84. The van der Waals surface area contributed by atoms with E-state index >= 15 is 0 Å². The molecule has 21 heavy (non-hydrogen) atoms. The molecule has 1 aromatic rings. The minimum Gasteiger partial charge on any atom is -0.330 e. The molecule has 1 aromatic carbocycles. The highest BCUT2D eigenvalue weighted by Gasteiger charge is 2.39. The average Bonchev–Trinajstić information content (AvgIpc) is 2.86. The van der Waals surface area contributed by atoms with Crippen LogP contribution in [0.4, 0.5) is 0 Å². The fourth-order valence-electron chi connectivity index (χ4n) is 3.10. The summed E-state index contributed by atoms with van der Waals surface area (Å²) >= 11 is 12.2. The number of hydrogen-bond acceptors (Lipinski definition) is 3. The monoisotopic (exact) mass is 350 g/mol. The first-order valence-electron chi connectivity index (χ1n) is 7.09. The number of nitrogens with zero attached hydrogens (tertiary/aromatic N) is 1. The zero-order valence-corrected chi connectivity index (χ0v) is 14.3. The van der Waals surface area contributed by atoms with Gasteiger partial charge in [0.1, 0.15) is 4.90 Å². The Bertz CT molecular complexity index is 587. The van der Waals surface area contributed by atoms with E-state index in [1.165, 1.54) is 4.31 Å². The Morgan fingerprint density at radius 1 is 1.29 bits per heavy atom. The summed E-state index contributed by atoms with van der Waals surface area (Å²) in [6, 6.07) is 4.65. The van der Waals surface area contributed by atoms with Crippen LogP contribution in [0.2, 0.25) is 10.0 Å². The van der Waals surface area contributed by atoms with E-state index in [4.69, 9.17) is 28.9 Å². The lowest BCUT2D eigenvalue weighted by Crippen LogP contribution is -2.44. The molecule has 0 aromatic heterocycles. The lowest BCUT2D eigenvalue weighted by molar-refractivity contribution is 0.276. The predicted octanol–water partition coefficient (Wildman–Crippen LogP) is 3.13. The smallest absolute Gasteiger partial charge is 0.246 e. The minimum absolute atomic E-state index is 0.00199. The van der Waals surface area contributed by atoms with Crippen LogP contribution in [-0.2, 0) is 10.0 Å². The van der Waals surface area contributed by atoms with Crippen LogP contribution < -0.4 is 5.73 Å². The molecule has 1 aliphatic carbocycles. The first-order chi connectivity index (χ1) is 9.93. The fourth-order valence-corrected chi connectivity index (χ4v) is 5.92. The van der Waals surface area contributed by atoms with Crippen LogP contribution in [0.15, 0.2) is 23.1 Å². The van der Waals surface area contributed by atoms with Crippen molar-refractivity contribution in [1.29, 1.82) is 0 Å². The maximum Gasteiger partial charge on any atom is 0.246 e. The topological polar surface area (TPSA) is 63.4 Å². The summed E-state index contributed by atoms with van der Waals surface area (Å²) in [5, 5.41) is 0.312. The molecule has 1 aliphatic rings. The van der Waals surface area contributed by atoms with Crippen molar-refractivity contribution < 1.29 is 8.42 Å². The molecule has 0 aliphatic heterocycles. The van der Waals surface area contributed by atoms with Crippen molar-refractivity contribution in [2.75, 3.05) is 13.1 Å². The molecule has 118 valence electrons. The maximum atomic E-state index is 13.0. The number of halogens is 2. The number of hydrogen-bond donors (Lipinski definition) is 1. The van der Waals surface area contributed by atoms with E-state index in [0.717, 1.165) is 19.3 Å². The molecule has 7 heteroatoms. The lowest BCUT2D eigenvalue weighted by atomic mass is 10.0. The van der Waals surface area contributed by atoms with Crippen molar-refractivity contribution in [3.63, 3.8) is 0 Å². The summed E-state index contributed by atoms with van der Waals surface area (Å²) in [6.07, 6.45) is 2.79. The molecule has 0 spiro atoms. The molecule has 4 nitrogen and oxygen atoms in total. The quantitative estimate of drug-likeness (QED) is 0.886. The fraction of sp³-hybridized carbons (Fsp3) is 0.571. The Balaban J connectivity index is 2.45. The van der Waals surface area contributed by atoms with Crippen LogP contribution >= 0.6 is 23.2 Å². The maximum absolute atomic E-state index is 13.0. The van der Waals surface area contributed by atoms with Gasteiger partial charge in [-0.05, 0) is 37.4 Å². The highest BCUT2D eigenvalue weighted by molar-refractivity contribution is 7.89. The van der Waals surface area contributed by atoms with Gasteiger partial charge in [-0.15, -0.1) is 0 Å². The highest BCUT2D eigenvalue weighted by atomic mass is 35.5. The van der Waals surface area contributed by atoms with E-state index in [0.29, 0.717) is 13.1 Å². The third-order valence-corrected chi connectivity index (χ3v) is 7.05. The molecular formula is C14H20Cl2N2O2S. The van der Waals surface area contributed by atoms with Crippen LogP contribution in [0.25, 0.3) is 0 Å². The van der Waals surface area contributed by atoms with Gasteiger partial charge in [-0.25, -0.2) is 8.42 Å². The normalized spacial score (nSPS) is 22.9. The van der Waals surface area contributed by atoms with Crippen LogP contribution in [0.5, 0.6) is 0 Å². The van der Waals surface area contributed by atoms with Gasteiger partial charge in [-0.1, -0.05) is 42.6 Å². The van der Waals surface area contributed by atoms with Gasteiger partial charge in [-0.3, -0.25) is 0 Å². The summed E-state index contributed by atoms with van der Waals surface area (Å²) in [6.45, 7) is 2.70. The third-order valence-electron chi connectivity index (χ3n) is 4.09. The van der Waals surface area contributed by atoms with Crippen molar-refractivity contribution in [3.05, 3.63) is 28.2 Å². The van der Waals surface area contributed by atoms with Gasteiger partial charge in [0.05, 0.1) is 10.0 Å². The lowest BCUT2D eigenvalue weighted by Gasteiger charge is -2.31. The van der Waals surface area contributed by atoms with Gasteiger partial charge < -0.3 is 5.73 Å². The average molecular weight is 351 g/mol.